The van der Waals surface area contributed by atoms with Gasteiger partial charge in [0.05, 0.1) is 19.3 Å². The van der Waals surface area contributed by atoms with Gasteiger partial charge in [0, 0.05) is 5.92 Å². The molecular weight excluding hydrogens is 254 g/mol. The standard InChI is InChI=1S/C16H21NO3/c1-10(2)14(17-16(19)20-3)15(18)13-9-12(13)11-7-5-4-6-8-11/h4-10,12,14-15,18H,1-3H3,(H,17,19)/t12?,14-,15?/m0/s1. The average molecular weight is 275 g/mol. The molecule has 0 aromatic heterocycles. The van der Waals surface area contributed by atoms with E-state index in [1.807, 2.05) is 50.3 Å². The predicted octanol–water partition coefficient (Wildman–Crippen LogP) is 2.45. The van der Waals surface area contributed by atoms with Crippen LogP contribution in [0.25, 0.3) is 0 Å². The minimum Gasteiger partial charge on any atom is -0.453 e. The monoisotopic (exact) mass is 275 g/mol. The molecule has 0 heterocycles. The number of amides is 1. The van der Waals surface area contributed by atoms with Crippen LogP contribution in [-0.4, -0.2) is 30.5 Å². The maximum atomic E-state index is 11.4. The summed E-state index contributed by atoms with van der Waals surface area (Å²) in [7, 11) is 1.32. The topological polar surface area (TPSA) is 58.6 Å². The van der Waals surface area contributed by atoms with Gasteiger partial charge in [-0.05, 0) is 17.1 Å². The van der Waals surface area contributed by atoms with Gasteiger partial charge in [-0.15, -0.1) is 0 Å². The number of rotatable bonds is 5. The number of carbonyl (C=O) groups excluding carboxylic acids is 1. The van der Waals surface area contributed by atoms with E-state index in [1.165, 1.54) is 12.7 Å². The number of carbonyl (C=O) groups is 1. The Morgan fingerprint density at radius 1 is 1.30 bits per heavy atom. The number of alkyl carbamates (subject to hydrolysis) is 1. The second-order valence-electron chi connectivity index (χ2n) is 5.41. The van der Waals surface area contributed by atoms with Crippen LogP contribution in [0.2, 0.25) is 0 Å². The van der Waals surface area contributed by atoms with Gasteiger partial charge in [-0.2, -0.15) is 0 Å². The van der Waals surface area contributed by atoms with Crippen molar-refractivity contribution in [1.29, 1.82) is 0 Å². The number of methoxy groups -OCH3 is 1. The third-order valence-corrected chi connectivity index (χ3v) is 3.64. The Bertz CT molecular complexity index is 496. The van der Waals surface area contributed by atoms with Crippen molar-refractivity contribution in [2.24, 2.45) is 5.92 Å². The van der Waals surface area contributed by atoms with Gasteiger partial charge in [0.2, 0.25) is 0 Å². The molecule has 108 valence electrons. The number of aliphatic hydroxyl groups is 1. The lowest BCUT2D eigenvalue weighted by Gasteiger charge is -2.26. The summed E-state index contributed by atoms with van der Waals surface area (Å²) >= 11 is 0. The van der Waals surface area contributed by atoms with E-state index >= 15 is 0 Å². The molecule has 20 heavy (non-hydrogen) atoms. The fraction of sp³-hybridized carbons (Fsp3) is 0.438. The third-order valence-electron chi connectivity index (χ3n) is 3.64. The molecule has 0 spiro atoms. The first kappa shape index (κ1) is 14.6. The Hall–Kier alpha value is -1.81. The van der Waals surface area contributed by atoms with Crippen molar-refractivity contribution < 1.29 is 14.6 Å². The Balaban J connectivity index is 2.01. The Labute approximate surface area is 119 Å². The average Bonchev–Trinajstić information content (AvgIpc) is 3.24. The molecule has 3 atom stereocenters. The van der Waals surface area contributed by atoms with Crippen LogP contribution in [-0.2, 0) is 4.74 Å². The Kier molecular flexibility index (Phi) is 4.45. The lowest BCUT2D eigenvalue weighted by atomic mass is 9.94. The Morgan fingerprint density at radius 3 is 2.50 bits per heavy atom. The summed E-state index contributed by atoms with van der Waals surface area (Å²) in [5.74, 6) is 0.300. The van der Waals surface area contributed by atoms with Crippen LogP contribution >= 0.6 is 0 Å². The molecule has 0 fully saturated rings. The highest BCUT2D eigenvalue weighted by atomic mass is 16.5. The summed E-state index contributed by atoms with van der Waals surface area (Å²) in [6.45, 7) is 3.93. The van der Waals surface area contributed by atoms with Crippen molar-refractivity contribution in [2.75, 3.05) is 7.11 Å². The minimum atomic E-state index is -0.681. The molecule has 1 aromatic carbocycles. The zero-order chi connectivity index (χ0) is 14.7. The number of hydrogen-bond acceptors (Lipinski definition) is 3. The largest absolute Gasteiger partial charge is 0.453 e. The summed E-state index contributed by atoms with van der Waals surface area (Å²) in [6, 6.07) is 9.67. The first-order chi connectivity index (χ1) is 9.54. The number of aliphatic hydroxyl groups excluding tert-OH is 1. The van der Waals surface area contributed by atoms with E-state index in [1.54, 1.807) is 0 Å². The maximum absolute atomic E-state index is 11.4. The van der Waals surface area contributed by atoms with E-state index in [-0.39, 0.29) is 17.9 Å². The van der Waals surface area contributed by atoms with Crippen molar-refractivity contribution in [3.05, 3.63) is 47.5 Å². The van der Waals surface area contributed by atoms with Gasteiger partial charge in [0.25, 0.3) is 0 Å². The van der Waals surface area contributed by atoms with Crippen LogP contribution in [0.4, 0.5) is 4.79 Å². The zero-order valence-electron chi connectivity index (χ0n) is 12.0. The van der Waals surface area contributed by atoms with E-state index in [0.29, 0.717) is 0 Å². The smallest absolute Gasteiger partial charge is 0.407 e. The van der Waals surface area contributed by atoms with Crippen molar-refractivity contribution >= 4 is 6.09 Å². The molecule has 4 nitrogen and oxygen atoms in total. The molecule has 0 saturated carbocycles. The van der Waals surface area contributed by atoms with Gasteiger partial charge in [-0.3, -0.25) is 0 Å². The van der Waals surface area contributed by atoms with Crippen molar-refractivity contribution in [1.82, 2.24) is 5.32 Å². The second kappa shape index (κ2) is 6.09. The SMILES string of the molecule is COC(=O)N[C@@H](C(C)C)C(O)C1=CC1c1ccccc1. The summed E-state index contributed by atoms with van der Waals surface area (Å²) < 4.78 is 4.61. The van der Waals surface area contributed by atoms with Crippen molar-refractivity contribution in [2.45, 2.75) is 31.9 Å². The summed E-state index contributed by atoms with van der Waals surface area (Å²) in [5.41, 5.74) is 2.13. The van der Waals surface area contributed by atoms with E-state index in [4.69, 9.17) is 0 Å². The molecular formula is C16H21NO3. The second-order valence-corrected chi connectivity index (χ2v) is 5.41. The Morgan fingerprint density at radius 2 is 1.95 bits per heavy atom. The number of nitrogens with one attached hydrogen (secondary N) is 1. The molecule has 0 radical (unpaired) electrons. The van der Waals surface area contributed by atoms with Crippen LogP contribution < -0.4 is 5.32 Å². The molecule has 1 aliphatic rings. The molecule has 4 heteroatoms. The van der Waals surface area contributed by atoms with E-state index in [2.05, 4.69) is 10.1 Å². The maximum Gasteiger partial charge on any atom is 0.407 e. The van der Waals surface area contributed by atoms with Crippen LogP contribution in [0, 0.1) is 5.92 Å². The van der Waals surface area contributed by atoms with Crippen LogP contribution in [0.5, 0.6) is 0 Å². The summed E-state index contributed by atoms with van der Waals surface area (Å²) in [6.07, 6.45) is 0.841. The lowest BCUT2D eigenvalue weighted by Crippen LogP contribution is -2.46. The number of allylic oxidation sites excluding steroid dienone is 1. The van der Waals surface area contributed by atoms with Crippen LogP contribution in [0.15, 0.2) is 42.0 Å². The first-order valence-electron chi connectivity index (χ1n) is 6.83. The highest BCUT2D eigenvalue weighted by molar-refractivity contribution is 5.67. The molecule has 0 bridgehead atoms. The molecule has 1 aliphatic carbocycles. The molecule has 2 N–H and O–H groups in total. The molecule has 1 aromatic rings. The fourth-order valence-electron chi connectivity index (χ4n) is 2.39. The zero-order valence-corrected chi connectivity index (χ0v) is 12.0. The van der Waals surface area contributed by atoms with Gasteiger partial charge in [-0.1, -0.05) is 50.3 Å². The van der Waals surface area contributed by atoms with Gasteiger partial charge in [0.15, 0.2) is 0 Å². The fourth-order valence-corrected chi connectivity index (χ4v) is 2.39. The first-order valence-corrected chi connectivity index (χ1v) is 6.83. The highest BCUT2D eigenvalue weighted by Gasteiger charge is 2.37. The molecule has 2 unspecified atom stereocenters. The van der Waals surface area contributed by atoms with Crippen molar-refractivity contribution in [3.8, 4) is 0 Å². The third kappa shape index (κ3) is 3.20. The summed E-state index contributed by atoms with van der Waals surface area (Å²) in [4.78, 5) is 11.4. The van der Waals surface area contributed by atoms with E-state index in [0.717, 1.165) is 5.57 Å². The molecule has 2 rings (SSSR count). The normalized spacial score (nSPS) is 20.1. The van der Waals surface area contributed by atoms with E-state index < -0.39 is 12.2 Å². The van der Waals surface area contributed by atoms with Gasteiger partial charge < -0.3 is 15.2 Å². The number of hydrogen-bond donors (Lipinski definition) is 2. The summed E-state index contributed by atoms with van der Waals surface area (Å²) in [5, 5.41) is 13.2. The predicted molar refractivity (Wildman–Crippen MR) is 77.4 cm³/mol. The van der Waals surface area contributed by atoms with Crippen LogP contribution in [0.3, 0.4) is 0 Å². The van der Waals surface area contributed by atoms with Crippen LogP contribution in [0.1, 0.15) is 25.3 Å². The van der Waals surface area contributed by atoms with E-state index in [9.17, 15) is 9.90 Å². The molecule has 1 amide bonds. The van der Waals surface area contributed by atoms with Crippen molar-refractivity contribution in [3.63, 3.8) is 0 Å². The lowest BCUT2D eigenvalue weighted by molar-refractivity contribution is 0.118. The minimum absolute atomic E-state index is 0.113. The molecule has 0 saturated heterocycles. The number of ether oxygens (including phenoxy) is 1. The number of benzene rings is 1. The van der Waals surface area contributed by atoms with Gasteiger partial charge >= 0.3 is 6.09 Å². The van der Waals surface area contributed by atoms with Gasteiger partial charge in [0.1, 0.15) is 0 Å². The highest BCUT2D eigenvalue weighted by Crippen LogP contribution is 2.42. The quantitative estimate of drug-likeness (QED) is 0.812. The van der Waals surface area contributed by atoms with Gasteiger partial charge in [-0.25, -0.2) is 4.79 Å². The molecule has 0 aliphatic heterocycles.